The predicted molar refractivity (Wildman–Crippen MR) is 119 cm³/mol. The fraction of sp³-hybridized carbons (Fsp3) is 0.130. The number of rotatable bonds is 6. The van der Waals surface area contributed by atoms with Crippen LogP contribution in [0.5, 0.6) is 0 Å². The van der Waals surface area contributed by atoms with Crippen LogP contribution >= 0.6 is 11.6 Å². The number of benzene rings is 3. The quantitative estimate of drug-likeness (QED) is 0.522. The van der Waals surface area contributed by atoms with Crippen LogP contribution in [0.1, 0.15) is 21.5 Å². The van der Waals surface area contributed by atoms with Crippen molar-refractivity contribution in [1.29, 1.82) is 0 Å². The Morgan fingerprint density at radius 3 is 2.24 bits per heavy atom. The van der Waals surface area contributed by atoms with Crippen molar-refractivity contribution < 1.29 is 9.59 Å². The highest BCUT2D eigenvalue weighted by molar-refractivity contribution is 6.33. The van der Waals surface area contributed by atoms with E-state index in [0.29, 0.717) is 27.6 Å². The normalized spacial score (nSPS) is 10.3. The number of para-hydroxylation sites is 1. The zero-order chi connectivity index (χ0) is 20.8. The lowest BCUT2D eigenvalue weighted by Gasteiger charge is -2.13. The first-order valence-corrected chi connectivity index (χ1v) is 9.57. The molecule has 0 bridgehead atoms. The Morgan fingerprint density at radius 2 is 1.52 bits per heavy atom. The summed E-state index contributed by atoms with van der Waals surface area (Å²) in [6.07, 6.45) is 0. The van der Waals surface area contributed by atoms with Crippen molar-refractivity contribution in [1.82, 2.24) is 0 Å². The number of anilines is 3. The highest BCUT2D eigenvalue weighted by Crippen LogP contribution is 2.23. The minimum Gasteiger partial charge on any atom is -0.376 e. The van der Waals surface area contributed by atoms with Gasteiger partial charge in [0, 0.05) is 11.4 Å². The molecule has 6 heteroatoms. The van der Waals surface area contributed by atoms with E-state index in [1.54, 1.807) is 36.4 Å². The van der Waals surface area contributed by atoms with Gasteiger partial charge in [-0.15, -0.1) is 0 Å². The summed E-state index contributed by atoms with van der Waals surface area (Å²) in [5.41, 5.74) is 4.41. The molecule has 29 heavy (non-hydrogen) atoms. The molecule has 0 fully saturated rings. The molecule has 5 nitrogen and oxygen atoms in total. The van der Waals surface area contributed by atoms with Gasteiger partial charge >= 0.3 is 0 Å². The lowest BCUT2D eigenvalue weighted by atomic mass is 10.1. The molecule has 2 amide bonds. The summed E-state index contributed by atoms with van der Waals surface area (Å²) in [4.78, 5) is 25.0. The van der Waals surface area contributed by atoms with E-state index >= 15 is 0 Å². The summed E-state index contributed by atoms with van der Waals surface area (Å²) in [6.45, 7) is 3.91. The van der Waals surface area contributed by atoms with Gasteiger partial charge < -0.3 is 16.0 Å². The Hall–Kier alpha value is -3.31. The van der Waals surface area contributed by atoms with Crippen molar-refractivity contribution in [3.8, 4) is 0 Å². The smallest absolute Gasteiger partial charge is 0.257 e. The molecule has 3 N–H and O–H groups in total. The van der Waals surface area contributed by atoms with E-state index in [9.17, 15) is 9.59 Å². The van der Waals surface area contributed by atoms with Gasteiger partial charge in [0.15, 0.2) is 0 Å². The summed E-state index contributed by atoms with van der Waals surface area (Å²) in [5, 5.41) is 9.14. The van der Waals surface area contributed by atoms with Crippen molar-refractivity contribution in [3.63, 3.8) is 0 Å². The van der Waals surface area contributed by atoms with E-state index in [-0.39, 0.29) is 18.4 Å². The first-order valence-electron chi connectivity index (χ1n) is 9.19. The Balaban J connectivity index is 1.64. The Labute approximate surface area is 175 Å². The molecule has 148 valence electrons. The standard InChI is InChI=1S/C23H22ClN3O2/c1-15-7-10-17(11-8-15)26-23(29)18-5-3-4-6-20(18)25-14-22(28)27-21-12-9-16(2)13-19(21)24/h3-13,25H,14H2,1-2H3,(H,26,29)(H,27,28). The molecule has 3 aromatic rings. The molecule has 0 heterocycles. The van der Waals surface area contributed by atoms with Gasteiger partial charge in [-0.3, -0.25) is 9.59 Å². The molecule has 0 aliphatic heterocycles. The topological polar surface area (TPSA) is 70.2 Å². The van der Waals surface area contributed by atoms with Crippen molar-refractivity contribution in [2.45, 2.75) is 13.8 Å². The van der Waals surface area contributed by atoms with Gasteiger partial charge in [-0.05, 0) is 55.8 Å². The largest absolute Gasteiger partial charge is 0.376 e. The van der Waals surface area contributed by atoms with Crippen LogP contribution in [0.3, 0.4) is 0 Å². The van der Waals surface area contributed by atoms with Crippen LogP contribution in [0.4, 0.5) is 17.1 Å². The second-order valence-electron chi connectivity index (χ2n) is 6.75. The molecule has 3 rings (SSSR count). The van der Waals surface area contributed by atoms with Crippen LogP contribution in [0.25, 0.3) is 0 Å². The average Bonchev–Trinajstić information content (AvgIpc) is 2.70. The van der Waals surface area contributed by atoms with Crippen molar-refractivity contribution in [2.24, 2.45) is 0 Å². The number of nitrogens with one attached hydrogen (secondary N) is 3. The molecular formula is C23H22ClN3O2. The van der Waals surface area contributed by atoms with E-state index in [1.807, 2.05) is 44.2 Å². The lowest BCUT2D eigenvalue weighted by Crippen LogP contribution is -2.23. The SMILES string of the molecule is Cc1ccc(NC(=O)c2ccccc2NCC(=O)Nc2ccc(C)cc2Cl)cc1. The van der Waals surface area contributed by atoms with Gasteiger partial charge in [0.25, 0.3) is 5.91 Å². The minimum absolute atomic E-state index is 0.000962. The molecular weight excluding hydrogens is 386 g/mol. The third-order valence-electron chi connectivity index (χ3n) is 4.32. The maximum Gasteiger partial charge on any atom is 0.257 e. The van der Waals surface area contributed by atoms with Crippen LogP contribution in [0, 0.1) is 13.8 Å². The molecule has 0 unspecified atom stereocenters. The van der Waals surface area contributed by atoms with E-state index in [0.717, 1.165) is 11.1 Å². The Morgan fingerprint density at radius 1 is 0.828 bits per heavy atom. The Bertz CT molecular complexity index is 1030. The molecule has 0 radical (unpaired) electrons. The van der Waals surface area contributed by atoms with Gasteiger partial charge in [-0.1, -0.05) is 47.5 Å². The number of amides is 2. The maximum atomic E-state index is 12.7. The van der Waals surface area contributed by atoms with Gasteiger partial charge in [0.05, 0.1) is 22.8 Å². The average molecular weight is 408 g/mol. The first kappa shape index (κ1) is 20.4. The summed E-state index contributed by atoms with van der Waals surface area (Å²) in [6, 6.07) is 20.0. The molecule has 0 saturated carbocycles. The summed E-state index contributed by atoms with van der Waals surface area (Å²) in [7, 11) is 0. The van der Waals surface area contributed by atoms with Crippen LogP contribution in [-0.4, -0.2) is 18.4 Å². The van der Waals surface area contributed by atoms with Gasteiger partial charge in [-0.2, -0.15) is 0 Å². The second-order valence-corrected chi connectivity index (χ2v) is 7.16. The van der Waals surface area contributed by atoms with E-state index in [1.165, 1.54) is 0 Å². The number of carbonyl (C=O) groups excluding carboxylic acids is 2. The molecule has 0 aliphatic rings. The first-order chi connectivity index (χ1) is 13.9. The van der Waals surface area contributed by atoms with Gasteiger partial charge in [0.1, 0.15) is 0 Å². The predicted octanol–water partition coefficient (Wildman–Crippen LogP) is 5.26. The second kappa shape index (κ2) is 9.26. The van der Waals surface area contributed by atoms with Crippen LogP contribution in [0.15, 0.2) is 66.7 Å². The molecule has 0 saturated heterocycles. The lowest BCUT2D eigenvalue weighted by molar-refractivity contribution is -0.114. The monoisotopic (exact) mass is 407 g/mol. The summed E-state index contributed by atoms with van der Waals surface area (Å²) in [5.74, 6) is -0.511. The molecule has 0 spiro atoms. The number of halogens is 1. The molecule has 0 atom stereocenters. The van der Waals surface area contributed by atoms with Gasteiger partial charge in [0.2, 0.25) is 5.91 Å². The van der Waals surface area contributed by atoms with E-state index in [4.69, 9.17) is 11.6 Å². The van der Waals surface area contributed by atoms with Crippen LogP contribution in [0.2, 0.25) is 5.02 Å². The van der Waals surface area contributed by atoms with Gasteiger partial charge in [-0.25, -0.2) is 0 Å². The fourth-order valence-corrected chi connectivity index (χ4v) is 3.04. The maximum absolute atomic E-state index is 12.7. The zero-order valence-corrected chi connectivity index (χ0v) is 17.0. The van der Waals surface area contributed by atoms with Crippen LogP contribution in [-0.2, 0) is 4.79 Å². The summed E-state index contributed by atoms with van der Waals surface area (Å²) >= 11 is 6.16. The third-order valence-corrected chi connectivity index (χ3v) is 4.63. The van der Waals surface area contributed by atoms with Crippen LogP contribution < -0.4 is 16.0 Å². The number of hydrogen-bond donors (Lipinski definition) is 3. The van der Waals surface area contributed by atoms with E-state index in [2.05, 4.69) is 16.0 Å². The Kier molecular flexibility index (Phi) is 6.52. The number of aryl methyl sites for hydroxylation is 2. The van der Waals surface area contributed by atoms with Crippen molar-refractivity contribution in [3.05, 3.63) is 88.4 Å². The molecule has 0 aliphatic carbocycles. The highest BCUT2D eigenvalue weighted by atomic mass is 35.5. The number of hydrogen-bond acceptors (Lipinski definition) is 3. The zero-order valence-electron chi connectivity index (χ0n) is 16.3. The van der Waals surface area contributed by atoms with Crippen molar-refractivity contribution in [2.75, 3.05) is 22.5 Å². The summed E-state index contributed by atoms with van der Waals surface area (Å²) < 4.78 is 0. The molecule has 0 aromatic heterocycles. The fourth-order valence-electron chi connectivity index (χ4n) is 2.76. The third kappa shape index (κ3) is 5.59. The minimum atomic E-state index is -0.260. The highest BCUT2D eigenvalue weighted by Gasteiger charge is 2.13. The number of carbonyl (C=O) groups is 2. The van der Waals surface area contributed by atoms with Crippen molar-refractivity contribution >= 4 is 40.5 Å². The van der Waals surface area contributed by atoms with E-state index < -0.39 is 0 Å². The molecule has 3 aromatic carbocycles.